The van der Waals surface area contributed by atoms with Gasteiger partial charge < -0.3 is 14.8 Å². The van der Waals surface area contributed by atoms with E-state index in [2.05, 4.69) is 0 Å². The fourth-order valence-corrected chi connectivity index (χ4v) is 2.66. The van der Waals surface area contributed by atoms with E-state index in [1.807, 2.05) is 0 Å². The van der Waals surface area contributed by atoms with E-state index in [1.54, 1.807) is 24.3 Å². The summed E-state index contributed by atoms with van der Waals surface area (Å²) >= 11 is 0. The largest absolute Gasteiger partial charge is 0.490 e. The number of para-hydroxylation sites is 1. The third kappa shape index (κ3) is 5.31. The zero-order valence-electron chi connectivity index (χ0n) is 14.8. The van der Waals surface area contributed by atoms with Crippen molar-refractivity contribution in [2.24, 2.45) is 0 Å². The van der Waals surface area contributed by atoms with Crippen molar-refractivity contribution in [3.05, 3.63) is 71.4 Å². The molecule has 30 heavy (non-hydrogen) atoms. The van der Waals surface area contributed by atoms with Crippen LogP contribution in [-0.2, 0) is 17.5 Å². The van der Waals surface area contributed by atoms with Gasteiger partial charge in [-0.2, -0.15) is 26.3 Å². The van der Waals surface area contributed by atoms with Crippen molar-refractivity contribution in [1.82, 2.24) is 4.57 Å². The van der Waals surface area contributed by atoms with Gasteiger partial charge >= 0.3 is 24.3 Å². The minimum Gasteiger partial charge on any atom is -0.477 e. The number of alkyl halides is 6. The van der Waals surface area contributed by atoms with Gasteiger partial charge in [-0.3, -0.25) is 0 Å². The van der Waals surface area contributed by atoms with Crippen LogP contribution in [0.4, 0.5) is 26.3 Å². The number of fused-ring (bicyclic) bond motifs is 1. The van der Waals surface area contributed by atoms with E-state index < -0.39 is 29.9 Å². The van der Waals surface area contributed by atoms with Crippen molar-refractivity contribution in [2.75, 3.05) is 0 Å². The fourth-order valence-electron chi connectivity index (χ4n) is 2.66. The number of aromatic nitrogens is 1. The maximum atomic E-state index is 13.1. The summed E-state index contributed by atoms with van der Waals surface area (Å²) in [7, 11) is 0. The van der Waals surface area contributed by atoms with Gasteiger partial charge in [0.25, 0.3) is 0 Å². The van der Waals surface area contributed by atoms with Gasteiger partial charge in [-0.15, -0.1) is 0 Å². The molecule has 1 aromatic heterocycles. The van der Waals surface area contributed by atoms with Crippen LogP contribution in [0.3, 0.4) is 0 Å². The van der Waals surface area contributed by atoms with Crippen LogP contribution in [0, 0.1) is 0 Å². The quantitative estimate of drug-likeness (QED) is 0.568. The molecule has 0 saturated heterocycles. The number of aliphatic carboxylic acids is 1. The van der Waals surface area contributed by atoms with Gasteiger partial charge in [-0.1, -0.05) is 36.4 Å². The lowest BCUT2D eigenvalue weighted by molar-refractivity contribution is -0.192. The molecule has 2 aromatic carbocycles. The fraction of sp³-hybridized carbons (Fsp3) is 0.158. The van der Waals surface area contributed by atoms with Crippen molar-refractivity contribution in [1.29, 1.82) is 0 Å². The van der Waals surface area contributed by atoms with Gasteiger partial charge in [0.1, 0.15) is 5.69 Å². The first-order chi connectivity index (χ1) is 13.8. The maximum Gasteiger partial charge on any atom is 0.490 e. The number of carbonyl (C=O) groups is 2. The van der Waals surface area contributed by atoms with E-state index >= 15 is 0 Å². The summed E-state index contributed by atoms with van der Waals surface area (Å²) in [6.45, 7) is -0.162. The number of carboxylic acid groups (broad SMARTS) is 2. The molecule has 2 N–H and O–H groups in total. The molecule has 0 aliphatic rings. The molecule has 0 amide bonds. The first kappa shape index (κ1) is 22.8. The predicted octanol–water partition coefficient (Wildman–Crippen LogP) is 5.04. The third-order valence-electron chi connectivity index (χ3n) is 3.92. The molecular weight excluding hydrogens is 420 g/mol. The highest BCUT2D eigenvalue weighted by molar-refractivity contribution is 5.94. The molecule has 11 heteroatoms. The number of benzene rings is 2. The lowest BCUT2D eigenvalue weighted by atomic mass is 10.1. The summed E-state index contributed by atoms with van der Waals surface area (Å²) in [5.41, 5.74) is -0.178. The highest BCUT2D eigenvalue weighted by atomic mass is 19.4. The van der Waals surface area contributed by atoms with Gasteiger partial charge in [0.15, 0.2) is 0 Å². The Bertz CT molecular complexity index is 1070. The SMILES string of the molecule is O=C(O)C(F)(F)F.O=C(O)c1cc2ccccc2n1Cc1ccccc1C(F)(F)F. The summed E-state index contributed by atoms with van der Waals surface area (Å²) in [6.07, 6.45) is -9.57. The molecule has 0 aliphatic heterocycles. The second-order valence-electron chi connectivity index (χ2n) is 5.94. The predicted molar refractivity (Wildman–Crippen MR) is 93.1 cm³/mol. The normalized spacial score (nSPS) is 11.7. The molecule has 0 saturated carbocycles. The first-order valence-corrected chi connectivity index (χ1v) is 8.09. The van der Waals surface area contributed by atoms with Crippen molar-refractivity contribution < 1.29 is 46.1 Å². The van der Waals surface area contributed by atoms with Crippen LogP contribution in [0.25, 0.3) is 10.9 Å². The van der Waals surface area contributed by atoms with Crippen LogP contribution in [0.15, 0.2) is 54.6 Å². The van der Waals surface area contributed by atoms with Crippen LogP contribution < -0.4 is 0 Å². The number of rotatable bonds is 3. The zero-order chi connectivity index (χ0) is 22.7. The Kier molecular flexibility index (Phi) is 6.44. The van der Waals surface area contributed by atoms with Crippen LogP contribution in [0.5, 0.6) is 0 Å². The highest BCUT2D eigenvalue weighted by Crippen LogP contribution is 2.33. The Hall–Kier alpha value is -3.50. The molecule has 0 fully saturated rings. The smallest absolute Gasteiger partial charge is 0.477 e. The molecule has 1 heterocycles. The van der Waals surface area contributed by atoms with Crippen molar-refractivity contribution in [3.63, 3.8) is 0 Å². The van der Waals surface area contributed by atoms with Crippen LogP contribution >= 0.6 is 0 Å². The van der Waals surface area contributed by atoms with Crippen LogP contribution in [-0.4, -0.2) is 32.9 Å². The first-order valence-electron chi connectivity index (χ1n) is 8.09. The van der Waals surface area contributed by atoms with Crippen LogP contribution in [0.1, 0.15) is 21.6 Å². The average molecular weight is 433 g/mol. The summed E-state index contributed by atoms with van der Waals surface area (Å²) in [6, 6.07) is 13.6. The van der Waals surface area contributed by atoms with Gasteiger partial charge in [0, 0.05) is 17.4 Å². The highest BCUT2D eigenvalue weighted by Gasteiger charge is 2.38. The molecule has 0 unspecified atom stereocenters. The second-order valence-corrected chi connectivity index (χ2v) is 5.94. The summed E-state index contributed by atoms with van der Waals surface area (Å²) in [5.74, 6) is -3.93. The number of hydrogen-bond donors (Lipinski definition) is 2. The third-order valence-corrected chi connectivity index (χ3v) is 3.92. The second kappa shape index (κ2) is 8.47. The molecule has 3 rings (SSSR count). The zero-order valence-corrected chi connectivity index (χ0v) is 14.8. The molecule has 0 aliphatic carbocycles. The molecule has 5 nitrogen and oxygen atoms in total. The van der Waals surface area contributed by atoms with Crippen LogP contribution in [0.2, 0.25) is 0 Å². The molecule has 3 aromatic rings. The molecule has 0 radical (unpaired) electrons. The van der Waals surface area contributed by atoms with Gasteiger partial charge in [-0.25, -0.2) is 9.59 Å². The summed E-state index contributed by atoms with van der Waals surface area (Å²) in [5, 5.41) is 17.1. The van der Waals surface area contributed by atoms with E-state index in [4.69, 9.17) is 9.90 Å². The molecule has 0 atom stereocenters. The number of hydrogen-bond acceptors (Lipinski definition) is 2. The number of aromatic carboxylic acids is 1. The lowest BCUT2D eigenvalue weighted by Gasteiger charge is -2.15. The molecule has 160 valence electrons. The Morgan fingerprint density at radius 2 is 1.40 bits per heavy atom. The van der Waals surface area contributed by atoms with Crippen molar-refractivity contribution in [3.8, 4) is 0 Å². The Labute approximate surface area is 164 Å². The maximum absolute atomic E-state index is 13.1. The number of nitrogens with zero attached hydrogens (tertiary/aromatic N) is 1. The Morgan fingerprint density at radius 1 is 0.867 bits per heavy atom. The monoisotopic (exact) mass is 433 g/mol. The molecular formula is C19H13F6NO4. The lowest BCUT2D eigenvalue weighted by Crippen LogP contribution is -2.21. The van der Waals surface area contributed by atoms with Gasteiger partial charge in [0.2, 0.25) is 0 Å². The summed E-state index contributed by atoms with van der Waals surface area (Å²) in [4.78, 5) is 20.3. The molecule has 0 bridgehead atoms. The Balaban J connectivity index is 0.000000396. The number of halogens is 6. The minimum atomic E-state index is -5.08. The van der Waals surface area contributed by atoms with E-state index in [-0.39, 0.29) is 17.8 Å². The van der Waals surface area contributed by atoms with E-state index in [0.29, 0.717) is 10.9 Å². The summed E-state index contributed by atoms with van der Waals surface area (Å²) < 4.78 is 72.5. The Morgan fingerprint density at radius 3 is 1.93 bits per heavy atom. The van der Waals surface area contributed by atoms with Gasteiger partial charge in [0.05, 0.1) is 5.56 Å². The standard InChI is InChI=1S/C17H12F3NO2.C2HF3O2/c18-17(19,20)13-7-3-1-6-12(13)10-21-14-8-4-2-5-11(14)9-15(21)16(22)23;3-2(4,5)1(6)7/h1-9H,10H2,(H,22,23);(H,6,7). The average Bonchev–Trinajstić information content (AvgIpc) is 3.00. The van der Waals surface area contributed by atoms with Crippen molar-refractivity contribution in [2.45, 2.75) is 18.9 Å². The number of carboxylic acids is 2. The van der Waals surface area contributed by atoms with E-state index in [9.17, 15) is 36.2 Å². The topological polar surface area (TPSA) is 79.5 Å². The van der Waals surface area contributed by atoms with Gasteiger partial charge in [-0.05, 0) is 23.8 Å². The van der Waals surface area contributed by atoms with Crippen molar-refractivity contribution >= 4 is 22.8 Å². The van der Waals surface area contributed by atoms with E-state index in [1.165, 1.54) is 28.8 Å². The van der Waals surface area contributed by atoms with E-state index in [0.717, 1.165) is 6.07 Å². The minimum absolute atomic E-state index is 0.0313. The molecule has 0 spiro atoms.